The van der Waals surface area contributed by atoms with Crippen LogP contribution < -0.4 is 0 Å². The van der Waals surface area contributed by atoms with Gasteiger partial charge in [-0.15, -0.1) is 0 Å². The summed E-state index contributed by atoms with van der Waals surface area (Å²) >= 11 is 0. The summed E-state index contributed by atoms with van der Waals surface area (Å²) in [5, 5.41) is 0. The number of hydrogen-bond acceptors (Lipinski definition) is 7. The summed E-state index contributed by atoms with van der Waals surface area (Å²) in [5.41, 5.74) is 0. The van der Waals surface area contributed by atoms with Crippen molar-refractivity contribution >= 4 is 19.8 Å². The molecule has 10 heteroatoms. The van der Waals surface area contributed by atoms with Crippen molar-refractivity contribution < 1.29 is 42.1 Å². The molecular formula is C50H83NO8P+. The van der Waals surface area contributed by atoms with Crippen LogP contribution in [0.4, 0.5) is 0 Å². The fourth-order valence-corrected chi connectivity index (χ4v) is 6.04. The minimum atomic E-state index is -4.38. The Kier molecular flexibility index (Phi) is 38.8. The number of rotatable bonds is 39. The molecule has 0 rings (SSSR count). The van der Waals surface area contributed by atoms with Crippen LogP contribution in [0.25, 0.3) is 0 Å². The molecule has 0 aliphatic rings. The number of likely N-dealkylation sites (N-methyl/N-ethyl adjacent to an activating group) is 1. The molecule has 0 amide bonds. The van der Waals surface area contributed by atoms with Gasteiger partial charge in [-0.1, -0.05) is 155 Å². The van der Waals surface area contributed by atoms with E-state index in [-0.39, 0.29) is 26.1 Å². The minimum Gasteiger partial charge on any atom is -0.462 e. The fourth-order valence-electron chi connectivity index (χ4n) is 5.30. The molecule has 0 aliphatic heterocycles. The van der Waals surface area contributed by atoms with Crippen molar-refractivity contribution in [2.45, 2.75) is 148 Å². The number of allylic oxidation sites excluding steroid dienone is 18. The zero-order chi connectivity index (χ0) is 44.3. The summed E-state index contributed by atoms with van der Waals surface area (Å²) in [7, 11) is 1.43. The molecule has 2 unspecified atom stereocenters. The Morgan fingerprint density at radius 1 is 0.533 bits per heavy atom. The van der Waals surface area contributed by atoms with E-state index in [1.807, 2.05) is 21.1 Å². The highest BCUT2D eigenvalue weighted by atomic mass is 31.2. The third kappa shape index (κ3) is 44.2. The second-order valence-corrected chi connectivity index (χ2v) is 17.2. The van der Waals surface area contributed by atoms with Gasteiger partial charge in [0.25, 0.3) is 0 Å². The standard InChI is InChI=1S/C50H82NO8P/c1-6-8-10-12-13-14-15-16-17-18-19-20-21-22-23-24-25-26-27-28-29-30-31-32-33-34-35-36-37-39-41-43-50(53)59-48(46-56-49(52)42-40-38-11-9-7-2)47-58-60(54,55)57-45-44-51(3,4)5/h8,10,13-14,16-17,19-20,22-23,25-26,28-29,31-32,34-35,48H,6-7,9,11-12,15,18,21,24,27,30,33,36-47H2,1-5H3/p+1/b10-8-,14-13-,17-16-,20-19-,23-22-,26-25-,29-28-,32-31-,35-34-. The van der Waals surface area contributed by atoms with Crippen molar-refractivity contribution in [2.75, 3.05) is 47.5 Å². The van der Waals surface area contributed by atoms with Gasteiger partial charge in [-0.3, -0.25) is 18.6 Å². The molecule has 0 aromatic heterocycles. The molecule has 0 radical (unpaired) electrons. The van der Waals surface area contributed by atoms with Gasteiger partial charge in [-0.05, 0) is 83.5 Å². The normalized spacial score (nSPS) is 14.6. The van der Waals surface area contributed by atoms with Crippen molar-refractivity contribution in [3.63, 3.8) is 0 Å². The number of quaternary nitrogens is 1. The summed E-state index contributed by atoms with van der Waals surface area (Å²) < 4.78 is 34.0. The molecule has 0 heterocycles. The number of carbonyl (C=O) groups excluding carboxylic acids is 2. The largest absolute Gasteiger partial charge is 0.472 e. The topological polar surface area (TPSA) is 108 Å². The molecule has 0 bridgehead atoms. The maximum Gasteiger partial charge on any atom is 0.472 e. The third-order valence-corrected chi connectivity index (χ3v) is 9.80. The van der Waals surface area contributed by atoms with Gasteiger partial charge in [-0.25, -0.2) is 4.57 Å². The Balaban J connectivity index is 4.20. The Labute approximate surface area is 366 Å². The van der Waals surface area contributed by atoms with Gasteiger partial charge in [0.15, 0.2) is 6.10 Å². The van der Waals surface area contributed by atoms with Crippen molar-refractivity contribution in [1.29, 1.82) is 0 Å². The first kappa shape index (κ1) is 56.7. The van der Waals surface area contributed by atoms with E-state index in [2.05, 4.69) is 123 Å². The SMILES string of the molecule is CC/C=C\C/C=C\C/C=C\C/C=C\C/C=C\C/C=C\C/C=C\C/C=C\C/C=C\CCCCCC(=O)OC(COC(=O)CCCCCCC)COP(=O)(O)OCC[N+](C)(C)C. The van der Waals surface area contributed by atoms with E-state index >= 15 is 0 Å². The van der Waals surface area contributed by atoms with Crippen LogP contribution in [0.3, 0.4) is 0 Å². The number of ether oxygens (including phenoxy) is 2. The first-order chi connectivity index (χ1) is 29.0. The lowest BCUT2D eigenvalue weighted by Crippen LogP contribution is -2.37. The third-order valence-electron chi connectivity index (χ3n) is 8.82. The molecule has 60 heavy (non-hydrogen) atoms. The predicted octanol–water partition coefficient (Wildman–Crippen LogP) is 13.1. The van der Waals surface area contributed by atoms with Gasteiger partial charge in [-0.2, -0.15) is 0 Å². The van der Waals surface area contributed by atoms with Crippen molar-refractivity contribution in [2.24, 2.45) is 0 Å². The molecule has 2 atom stereocenters. The Bertz CT molecular complexity index is 1380. The van der Waals surface area contributed by atoms with Crippen LogP contribution in [0.2, 0.25) is 0 Å². The number of carbonyl (C=O) groups is 2. The van der Waals surface area contributed by atoms with Gasteiger partial charge in [0, 0.05) is 12.8 Å². The number of unbranched alkanes of at least 4 members (excludes halogenated alkanes) is 7. The summed E-state index contributed by atoms with van der Waals surface area (Å²) in [4.78, 5) is 35.0. The van der Waals surface area contributed by atoms with Gasteiger partial charge in [0.05, 0.1) is 27.7 Å². The quantitative estimate of drug-likeness (QED) is 0.0214. The van der Waals surface area contributed by atoms with E-state index in [0.29, 0.717) is 17.4 Å². The van der Waals surface area contributed by atoms with Crippen LogP contribution in [-0.2, 0) is 32.7 Å². The second-order valence-electron chi connectivity index (χ2n) is 15.7. The van der Waals surface area contributed by atoms with Crippen LogP contribution in [0.5, 0.6) is 0 Å². The molecule has 0 spiro atoms. The lowest BCUT2D eigenvalue weighted by Gasteiger charge is -2.24. The van der Waals surface area contributed by atoms with Crippen molar-refractivity contribution in [3.8, 4) is 0 Å². The van der Waals surface area contributed by atoms with Crippen LogP contribution in [0.15, 0.2) is 109 Å². The summed E-state index contributed by atoms with van der Waals surface area (Å²) in [6.07, 6.45) is 56.3. The number of phosphoric acid groups is 1. The summed E-state index contributed by atoms with van der Waals surface area (Å²) in [5.74, 6) is -0.864. The first-order valence-electron chi connectivity index (χ1n) is 22.6. The van der Waals surface area contributed by atoms with E-state index in [9.17, 15) is 19.0 Å². The zero-order valence-electron chi connectivity index (χ0n) is 38.1. The van der Waals surface area contributed by atoms with E-state index < -0.39 is 32.5 Å². The van der Waals surface area contributed by atoms with Crippen LogP contribution in [-0.4, -0.2) is 74.9 Å². The zero-order valence-corrected chi connectivity index (χ0v) is 39.0. The molecule has 0 saturated carbocycles. The molecular weight excluding hydrogens is 774 g/mol. The smallest absolute Gasteiger partial charge is 0.462 e. The fraction of sp³-hybridized carbons (Fsp3) is 0.600. The molecule has 1 N–H and O–H groups in total. The molecule has 0 saturated heterocycles. The number of phosphoric ester groups is 1. The second kappa shape index (κ2) is 41.0. The maximum atomic E-state index is 12.6. The number of esters is 2. The maximum absolute atomic E-state index is 12.6. The summed E-state index contributed by atoms with van der Waals surface area (Å²) in [6.45, 7) is 4.13. The monoisotopic (exact) mass is 857 g/mol. The molecule has 0 aliphatic carbocycles. The van der Waals surface area contributed by atoms with Crippen molar-refractivity contribution in [1.82, 2.24) is 0 Å². The van der Waals surface area contributed by atoms with Gasteiger partial charge < -0.3 is 18.9 Å². The lowest BCUT2D eigenvalue weighted by atomic mass is 10.1. The molecule has 340 valence electrons. The van der Waals surface area contributed by atoms with E-state index in [0.717, 1.165) is 109 Å². The average Bonchev–Trinajstić information content (AvgIpc) is 3.20. The molecule has 0 aromatic carbocycles. The average molecular weight is 857 g/mol. The van der Waals surface area contributed by atoms with Crippen LogP contribution in [0, 0.1) is 0 Å². The number of hydrogen-bond donors (Lipinski definition) is 1. The van der Waals surface area contributed by atoms with E-state index in [4.69, 9.17) is 18.5 Å². The van der Waals surface area contributed by atoms with E-state index in [1.165, 1.54) is 0 Å². The van der Waals surface area contributed by atoms with Gasteiger partial charge >= 0.3 is 19.8 Å². The van der Waals surface area contributed by atoms with Gasteiger partial charge in [0.1, 0.15) is 19.8 Å². The van der Waals surface area contributed by atoms with Crippen LogP contribution in [0.1, 0.15) is 142 Å². The molecule has 9 nitrogen and oxygen atoms in total. The number of nitrogens with zero attached hydrogens (tertiary/aromatic N) is 1. The van der Waals surface area contributed by atoms with E-state index in [1.54, 1.807) is 0 Å². The highest BCUT2D eigenvalue weighted by Crippen LogP contribution is 2.43. The Hall–Kier alpha value is -3.33. The predicted molar refractivity (Wildman–Crippen MR) is 251 cm³/mol. The Morgan fingerprint density at radius 3 is 1.40 bits per heavy atom. The molecule has 0 aromatic rings. The summed E-state index contributed by atoms with van der Waals surface area (Å²) in [6, 6.07) is 0. The Morgan fingerprint density at radius 2 is 0.950 bits per heavy atom. The molecule has 0 fully saturated rings. The first-order valence-corrected chi connectivity index (χ1v) is 24.1. The lowest BCUT2D eigenvalue weighted by molar-refractivity contribution is -0.870. The highest BCUT2D eigenvalue weighted by molar-refractivity contribution is 7.47. The highest BCUT2D eigenvalue weighted by Gasteiger charge is 2.27. The van der Waals surface area contributed by atoms with Gasteiger partial charge in [0.2, 0.25) is 0 Å². The van der Waals surface area contributed by atoms with Crippen LogP contribution >= 0.6 is 7.82 Å². The van der Waals surface area contributed by atoms with Crippen molar-refractivity contribution in [3.05, 3.63) is 109 Å². The minimum absolute atomic E-state index is 0.0189.